The second-order valence-electron chi connectivity index (χ2n) is 7.43. The van der Waals surface area contributed by atoms with E-state index in [0.29, 0.717) is 12.1 Å². The Morgan fingerprint density at radius 2 is 1.64 bits per heavy atom. The Balaban J connectivity index is 1.58. The summed E-state index contributed by atoms with van der Waals surface area (Å²) in [6.45, 7) is 2.19. The largest absolute Gasteiger partial charge is 0.375 e. The van der Waals surface area contributed by atoms with Crippen LogP contribution in [0.1, 0.15) is 44.9 Å². The number of imide groups is 1. The van der Waals surface area contributed by atoms with Crippen molar-refractivity contribution in [1.29, 1.82) is 0 Å². The average Bonchev–Trinajstić information content (AvgIpc) is 2.97. The third-order valence-electron chi connectivity index (χ3n) is 5.86. The molecule has 0 bridgehead atoms. The minimum atomic E-state index is -0.193. The molecule has 4 nitrogen and oxygen atoms in total. The smallest absolute Gasteiger partial charge is 0.238 e. The van der Waals surface area contributed by atoms with Gasteiger partial charge in [0, 0.05) is 31.1 Å². The number of benzene rings is 1. The van der Waals surface area contributed by atoms with Gasteiger partial charge >= 0.3 is 0 Å². The summed E-state index contributed by atoms with van der Waals surface area (Å²) in [4.78, 5) is 29.6. The zero-order valence-corrected chi connectivity index (χ0v) is 14.7. The molecule has 2 amide bonds. The number of piperidine rings is 1. The van der Waals surface area contributed by atoms with Gasteiger partial charge in [-0.3, -0.25) is 14.5 Å². The lowest BCUT2D eigenvalue weighted by Crippen LogP contribution is -2.38. The lowest BCUT2D eigenvalue weighted by atomic mass is 9.80. The zero-order valence-electron chi connectivity index (χ0n) is 14.7. The third kappa shape index (κ3) is 3.10. The molecule has 1 aromatic carbocycles. The van der Waals surface area contributed by atoms with Gasteiger partial charge in [0.2, 0.25) is 11.8 Å². The monoisotopic (exact) mass is 338 g/mol. The van der Waals surface area contributed by atoms with E-state index in [2.05, 4.69) is 11.0 Å². The molecule has 25 heavy (non-hydrogen) atoms. The number of amides is 2. The van der Waals surface area contributed by atoms with E-state index in [0.717, 1.165) is 32.4 Å². The van der Waals surface area contributed by atoms with Gasteiger partial charge in [-0.05, 0) is 50.7 Å². The van der Waals surface area contributed by atoms with Crippen molar-refractivity contribution in [3.63, 3.8) is 0 Å². The van der Waals surface area contributed by atoms with Crippen LogP contribution in [0.15, 0.2) is 42.1 Å². The Bertz CT molecular complexity index is 676. The first-order chi connectivity index (χ1) is 12.3. The molecule has 1 aromatic rings. The van der Waals surface area contributed by atoms with Crippen LogP contribution in [0.3, 0.4) is 0 Å². The summed E-state index contributed by atoms with van der Waals surface area (Å²) in [6, 6.07) is 9.36. The lowest BCUT2D eigenvalue weighted by molar-refractivity contribution is -0.123. The highest BCUT2D eigenvalue weighted by atomic mass is 16.2. The number of nitrogens with zero attached hydrogens (tertiary/aromatic N) is 2. The predicted molar refractivity (Wildman–Crippen MR) is 97.9 cm³/mol. The molecule has 0 radical (unpaired) electrons. The molecule has 2 aliphatic heterocycles. The maximum Gasteiger partial charge on any atom is 0.238 e. The summed E-state index contributed by atoms with van der Waals surface area (Å²) in [5, 5.41) is 0. The zero-order chi connectivity index (χ0) is 17.2. The maximum atomic E-state index is 13.1. The number of carbonyl (C=O) groups excluding carboxylic acids is 2. The average molecular weight is 338 g/mol. The Kier molecular flexibility index (Phi) is 4.60. The molecule has 3 aliphatic rings. The van der Waals surface area contributed by atoms with Crippen molar-refractivity contribution in [2.24, 2.45) is 11.8 Å². The standard InChI is InChI=1S/C21H26N2O2/c24-20-15-18(21(25)23(20)16-9-3-1-4-10-16)17-11-5-6-12-19(17)22-13-7-2-8-14-22/h1,3-4,9-10,12,17-18H,2,5-8,11,13-15H2/t17-,18-/m0/s1. The molecule has 1 aliphatic carbocycles. The van der Waals surface area contributed by atoms with E-state index in [1.54, 1.807) is 0 Å². The van der Waals surface area contributed by atoms with Crippen LogP contribution in [0.5, 0.6) is 0 Å². The van der Waals surface area contributed by atoms with Gasteiger partial charge in [0.05, 0.1) is 11.6 Å². The summed E-state index contributed by atoms with van der Waals surface area (Å²) in [7, 11) is 0. The normalized spacial score (nSPS) is 27.6. The minimum absolute atomic E-state index is 0.00832. The molecule has 0 unspecified atom stereocenters. The number of likely N-dealkylation sites (tertiary alicyclic amines) is 1. The lowest BCUT2D eigenvalue weighted by Gasteiger charge is -2.39. The molecule has 0 saturated carbocycles. The number of rotatable bonds is 3. The van der Waals surface area contributed by atoms with Crippen LogP contribution in [0.25, 0.3) is 0 Å². The SMILES string of the molecule is O=C1C[C@@H]([C@@H]2CCCC=C2N2CCCCC2)C(=O)N1c1ccccc1. The number of allylic oxidation sites excluding steroid dienone is 2. The van der Waals surface area contributed by atoms with Crippen LogP contribution < -0.4 is 4.90 Å². The molecule has 2 fully saturated rings. The molecular formula is C21H26N2O2. The number of hydrogen-bond acceptors (Lipinski definition) is 3. The van der Waals surface area contributed by atoms with Crippen LogP contribution >= 0.6 is 0 Å². The van der Waals surface area contributed by atoms with E-state index in [1.807, 2.05) is 30.3 Å². The van der Waals surface area contributed by atoms with Gasteiger partial charge in [-0.15, -0.1) is 0 Å². The van der Waals surface area contributed by atoms with E-state index in [9.17, 15) is 9.59 Å². The first-order valence-corrected chi connectivity index (χ1v) is 9.62. The van der Waals surface area contributed by atoms with Crippen LogP contribution in [0.2, 0.25) is 0 Å². The van der Waals surface area contributed by atoms with E-state index >= 15 is 0 Å². The van der Waals surface area contributed by atoms with Crippen molar-refractivity contribution in [3.05, 3.63) is 42.1 Å². The van der Waals surface area contributed by atoms with Gasteiger partial charge in [0.15, 0.2) is 0 Å². The molecular weight excluding hydrogens is 312 g/mol. The molecule has 4 heteroatoms. The van der Waals surface area contributed by atoms with Crippen LogP contribution in [0, 0.1) is 11.8 Å². The van der Waals surface area contributed by atoms with Crippen molar-refractivity contribution >= 4 is 17.5 Å². The molecule has 0 N–H and O–H groups in total. The van der Waals surface area contributed by atoms with E-state index in [-0.39, 0.29) is 23.7 Å². The Labute approximate surface area is 149 Å². The van der Waals surface area contributed by atoms with Crippen molar-refractivity contribution in [2.45, 2.75) is 44.9 Å². The van der Waals surface area contributed by atoms with Gasteiger partial charge in [-0.25, -0.2) is 0 Å². The summed E-state index contributed by atoms with van der Waals surface area (Å²) in [6.07, 6.45) is 9.69. The van der Waals surface area contributed by atoms with Crippen LogP contribution in [-0.4, -0.2) is 29.8 Å². The highest BCUT2D eigenvalue weighted by molar-refractivity contribution is 6.21. The Hall–Kier alpha value is -2.10. The first-order valence-electron chi connectivity index (χ1n) is 9.62. The topological polar surface area (TPSA) is 40.6 Å². The molecule has 2 atom stereocenters. The van der Waals surface area contributed by atoms with Gasteiger partial charge in [-0.1, -0.05) is 24.3 Å². The van der Waals surface area contributed by atoms with E-state index in [4.69, 9.17) is 0 Å². The fourth-order valence-electron chi connectivity index (χ4n) is 4.63. The molecule has 2 saturated heterocycles. The number of carbonyl (C=O) groups is 2. The van der Waals surface area contributed by atoms with Crippen molar-refractivity contribution in [2.75, 3.05) is 18.0 Å². The fourth-order valence-corrected chi connectivity index (χ4v) is 4.63. The van der Waals surface area contributed by atoms with E-state index in [1.165, 1.54) is 29.9 Å². The number of anilines is 1. The molecule has 0 spiro atoms. The highest BCUT2D eigenvalue weighted by Crippen LogP contribution is 2.40. The molecule has 2 heterocycles. The predicted octanol–water partition coefficient (Wildman–Crippen LogP) is 3.74. The Morgan fingerprint density at radius 1 is 0.880 bits per heavy atom. The third-order valence-corrected chi connectivity index (χ3v) is 5.86. The van der Waals surface area contributed by atoms with Gasteiger partial charge in [0.25, 0.3) is 0 Å². The summed E-state index contributed by atoms with van der Waals surface area (Å²) >= 11 is 0. The summed E-state index contributed by atoms with van der Waals surface area (Å²) in [5.41, 5.74) is 2.05. The fraction of sp³-hybridized carbons (Fsp3) is 0.524. The molecule has 4 rings (SSSR count). The van der Waals surface area contributed by atoms with Gasteiger partial charge < -0.3 is 4.90 Å². The highest BCUT2D eigenvalue weighted by Gasteiger charge is 2.45. The van der Waals surface area contributed by atoms with Crippen molar-refractivity contribution < 1.29 is 9.59 Å². The molecule has 0 aromatic heterocycles. The van der Waals surface area contributed by atoms with Gasteiger partial charge in [0.1, 0.15) is 0 Å². The maximum absolute atomic E-state index is 13.1. The van der Waals surface area contributed by atoms with Crippen LogP contribution in [0.4, 0.5) is 5.69 Å². The quantitative estimate of drug-likeness (QED) is 0.789. The Morgan fingerprint density at radius 3 is 2.40 bits per heavy atom. The summed E-state index contributed by atoms with van der Waals surface area (Å²) < 4.78 is 0. The van der Waals surface area contributed by atoms with Gasteiger partial charge in [-0.2, -0.15) is 0 Å². The van der Waals surface area contributed by atoms with Crippen molar-refractivity contribution in [1.82, 2.24) is 4.90 Å². The van der Waals surface area contributed by atoms with Crippen molar-refractivity contribution in [3.8, 4) is 0 Å². The number of hydrogen-bond donors (Lipinski definition) is 0. The first kappa shape index (κ1) is 16.4. The van der Waals surface area contributed by atoms with Crippen LogP contribution in [-0.2, 0) is 9.59 Å². The second-order valence-corrected chi connectivity index (χ2v) is 7.43. The van der Waals surface area contributed by atoms with E-state index < -0.39 is 0 Å². The molecule has 132 valence electrons. The second kappa shape index (κ2) is 7.03. The summed E-state index contributed by atoms with van der Waals surface area (Å²) in [5.74, 6) is -0.0472. The minimum Gasteiger partial charge on any atom is -0.375 e. The number of para-hydroxylation sites is 1.